The van der Waals surface area contributed by atoms with Gasteiger partial charge in [-0.3, -0.25) is 4.90 Å². The fourth-order valence-electron chi connectivity index (χ4n) is 2.68. The van der Waals surface area contributed by atoms with E-state index in [0.717, 1.165) is 19.6 Å². The topological polar surface area (TPSA) is 15.3 Å². The average Bonchev–Trinajstić information content (AvgIpc) is 2.56. The number of nitrogens with zero attached hydrogens (tertiary/aromatic N) is 1. The zero-order chi connectivity index (χ0) is 16.5. The summed E-state index contributed by atoms with van der Waals surface area (Å²) in [5.74, 6) is 0.554. The molecule has 0 fully saturated rings. The molecule has 1 N–H and O–H groups in total. The summed E-state index contributed by atoms with van der Waals surface area (Å²) in [7, 11) is 0. The predicted octanol–water partition coefficient (Wildman–Crippen LogP) is 4.81. The molecule has 0 amide bonds. The van der Waals surface area contributed by atoms with Crippen LogP contribution in [0.2, 0.25) is 0 Å². The van der Waals surface area contributed by atoms with Crippen molar-refractivity contribution in [2.24, 2.45) is 5.92 Å². The Bertz CT molecular complexity index is 563. The number of hydrogen-bond acceptors (Lipinski definition) is 2. The van der Waals surface area contributed by atoms with Gasteiger partial charge in [0, 0.05) is 31.4 Å². The van der Waals surface area contributed by atoms with Crippen LogP contribution in [0.15, 0.2) is 73.3 Å². The molecular weight excluding hydrogens is 280 g/mol. The van der Waals surface area contributed by atoms with Crippen molar-refractivity contribution in [3.63, 3.8) is 0 Å². The van der Waals surface area contributed by atoms with E-state index >= 15 is 0 Å². The molecule has 2 nitrogen and oxygen atoms in total. The van der Waals surface area contributed by atoms with Gasteiger partial charge in [-0.15, -0.1) is 6.58 Å². The van der Waals surface area contributed by atoms with E-state index in [9.17, 15) is 0 Å². The number of hydrogen-bond donors (Lipinski definition) is 1. The minimum absolute atomic E-state index is 0.404. The van der Waals surface area contributed by atoms with Crippen molar-refractivity contribution in [2.45, 2.75) is 26.4 Å². The molecule has 0 aromatic heterocycles. The molecule has 2 heteroatoms. The van der Waals surface area contributed by atoms with E-state index in [1.807, 2.05) is 6.08 Å². The lowest BCUT2D eigenvalue weighted by Crippen LogP contribution is -2.39. The Balaban J connectivity index is 2.03. The lowest BCUT2D eigenvalue weighted by Gasteiger charge is -2.30. The first-order valence-electron chi connectivity index (χ1n) is 8.38. The molecule has 0 aliphatic heterocycles. The van der Waals surface area contributed by atoms with E-state index in [0.29, 0.717) is 12.0 Å². The molecule has 0 bridgehead atoms. The van der Waals surface area contributed by atoms with E-state index in [4.69, 9.17) is 0 Å². The van der Waals surface area contributed by atoms with Crippen molar-refractivity contribution in [1.29, 1.82) is 0 Å². The standard InChI is InChI=1S/C21H28N2/c1-4-15-23(16-19-11-7-5-8-12-19)17-21(18(2)3)22-20-13-9-6-10-14-20/h4-14,18,21-22H,1,15-17H2,2-3H3/t21-/m1/s1. The molecule has 23 heavy (non-hydrogen) atoms. The minimum Gasteiger partial charge on any atom is -0.381 e. The largest absolute Gasteiger partial charge is 0.381 e. The van der Waals surface area contributed by atoms with Gasteiger partial charge >= 0.3 is 0 Å². The van der Waals surface area contributed by atoms with Crippen LogP contribution in [0.1, 0.15) is 19.4 Å². The fourth-order valence-corrected chi connectivity index (χ4v) is 2.68. The summed E-state index contributed by atoms with van der Waals surface area (Å²) in [6, 6.07) is 21.5. The van der Waals surface area contributed by atoms with E-state index in [2.05, 4.69) is 91.3 Å². The number of benzene rings is 2. The van der Waals surface area contributed by atoms with Crippen LogP contribution < -0.4 is 5.32 Å². The highest BCUT2D eigenvalue weighted by molar-refractivity contribution is 5.43. The molecular formula is C21H28N2. The van der Waals surface area contributed by atoms with Gasteiger partial charge in [0.05, 0.1) is 0 Å². The number of rotatable bonds is 9. The lowest BCUT2D eigenvalue weighted by atomic mass is 10.0. The third-order valence-corrected chi connectivity index (χ3v) is 4.02. The van der Waals surface area contributed by atoms with Gasteiger partial charge in [0.25, 0.3) is 0 Å². The minimum atomic E-state index is 0.404. The molecule has 0 radical (unpaired) electrons. The Kier molecular flexibility index (Phi) is 6.89. The first-order valence-corrected chi connectivity index (χ1v) is 8.38. The average molecular weight is 308 g/mol. The van der Waals surface area contributed by atoms with Crippen molar-refractivity contribution >= 4 is 5.69 Å². The molecule has 0 saturated heterocycles. The van der Waals surface area contributed by atoms with Crippen molar-refractivity contribution < 1.29 is 0 Å². The van der Waals surface area contributed by atoms with Gasteiger partial charge in [-0.05, 0) is 23.6 Å². The smallest absolute Gasteiger partial charge is 0.0411 e. The molecule has 0 heterocycles. The van der Waals surface area contributed by atoms with E-state index < -0.39 is 0 Å². The maximum Gasteiger partial charge on any atom is 0.0411 e. The van der Waals surface area contributed by atoms with Crippen LogP contribution in [0.3, 0.4) is 0 Å². The van der Waals surface area contributed by atoms with Crippen LogP contribution in [-0.2, 0) is 6.54 Å². The highest BCUT2D eigenvalue weighted by Crippen LogP contribution is 2.15. The lowest BCUT2D eigenvalue weighted by molar-refractivity contribution is 0.261. The summed E-state index contributed by atoms with van der Waals surface area (Å²) >= 11 is 0. The quantitative estimate of drug-likeness (QED) is 0.669. The summed E-state index contributed by atoms with van der Waals surface area (Å²) in [6.07, 6.45) is 1.99. The predicted molar refractivity (Wildman–Crippen MR) is 101 cm³/mol. The second-order valence-electron chi connectivity index (χ2n) is 6.33. The number of nitrogens with one attached hydrogen (secondary N) is 1. The fraction of sp³-hybridized carbons (Fsp3) is 0.333. The van der Waals surface area contributed by atoms with Crippen molar-refractivity contribution in [1.82, 2.24) is 4.90 Å². The van der Waals surface area contributed by atoms with Gasteiger partial charge in [-0.2, -0.15) is 0 Å². The molecule has 0 aliphatic rings. The van der Waals surface area contributed by atoms with Crippen LogP contribution >= 0.6 is 0 Å². The molecule has 0 aliphatic carbocycles. The first-order chi connectivity index (χ1) is 11.2. The maximum absolute atomic E-state index is 3.92. The highest BCUT2D eigenvalue weighted by atomic mass is 15.1. The second kappa shape index (κ2) is 9.16. The van der Waals surface area contributed by atoms with Gasteiger partial charge in [0.1, 0.15) is 0 Å². The van der Waals surface area contributed by atoms with Crippen LogP contribution in [0.5, 0.6) is 0 Å². The number of anilines is 1. The molecule has 2 aromatic rings. The Morgan fingerprint density at radius 1 is 1.00 bits per heavy atom. The summed E-state index contributed by atoms with van der Waals surface area (Å²) in [5.41, 5.74) is 2.53. The Morgan fingerprint density at radius 2 is 1.61 bits per heavy atom. The molecule has 0 saturated carbocycles. The van der Waals surface area contributed by atoms with E-state index in [1.54, 1.807) is 0 Å². The SMILES string of the molecule is C=CCN(Cc1ccccc1)C[C@@H](Nc1ccccc1)C(C)C. The molecule has 2 rings (SSSR count). The highest BCUT2D eigenvalue weighted by Gasteiger charge is 2.17. The molecule has 0 spiro atoms. The van der Waals surface area contributed by atoms with Gasteiger partial charge in [-0.1, -0.05) is 68.5 Å². The first kappa shape index (κ1) is 17.3. The van der Waals surface area contributed by atoms with Crippen molar-refractivity contribution in [3.05, 3.63) is 78.9 Å². The summed E-state index contributed by atoms with van der Waals surface area (Å²) in [6.45, 7) is 11.3. The normalized spacial score (nSPS) is 12.3. The Hall–Kier alpha value is -2.06. The molecule has 2 aromatic carbocycles. The van der Waals surface area contributed by atoms with Crippen LogP contribution in [0.25, 0.3) is 0 Å². The molecule has 1 atom stereocenters. The van der Waals surface area contributed by atoms with Gasteiger partial charge in [-0.25, -0.2) is 0 Å². The third-order valence-electron chi connectivity index (χ3n) is 4.02. The van der Waals surface area contributed by atoms with Gasteiger partial charge in [0.2, 0.25) is 0 Å². The summed E-state index contributed by atoms with van der Waals surface area (Å²) in [5, 5.41) is 3.68. The Morgan fingerprint density at radius 3 is 2.17 bits per heavy atom. The van der Waals surface area contributed by atoms with E-state index in [1.165, 1.54) is 11.3 Å². The summed E-state index contributed by atoms with van der Waals surface area (Å²) in [4.78, 5) is 2.45. The second-order valence-corrected chi connectivity index (χ2v) is 6.33. The molecule has 122 valence electrons. The Labute approximate surface area is 140 Å². The van der Waals surface area contributed by atoms with Crippen LogP contribution in [0, 0.1) is 5.92 Å². The van der Waals surface area contributed by atoms with E-state index in [-0.39, 0.29) is 0 Å². The van der Waals surface area contributed by atoms with Crippen LogP contribution in [0.4, 0.5) is 5.69 Å². The number of para-hydroxylation sites is 1. The molecule has 0 unspecified atom stereocenters. The zero-order valence-electron chi connectivity index (χ0n) is 14.3. The monoisotopic (exact) mass is 308 g/mol. The zero-order valence-corrected chi connectivity index (χ0v) is 14.3. The summed E-state index contributed by atoms with van der Waals surface area (Å²) < 4.78 is 0. The van der Waals surface area contributed by atoms with Crippen LogP contribution in [-0.4, -0.2) is 24.0 Å². The van der Waals surface area contributed by atoms with Gasteiger partial charge in [0.15, 0.2) is 0 Å². The van der Waals surface area contributed by atoms with Gasteiger partial charge < -0.3 is 5.32 Å². The van der Waals surface area contributed by atoms with Crippen molar-refractivity contribution in [3.8, 4) is 0 Å². The van der Waals surface area contributed by atoms with Crippen molar-refractivity contribution in [2.75, 3.05) is 18.4 Å². The maximum atomic E-state index is 3.92. The third kappa shape index (κ3) is 5.91.